The van der Waals surface area contributed by atoms with Gasteiger partial charge in [-0.05, 0) is 42.4 Å². The number of nitrogens with one attached hydrogen (secondary N) is 2. The van der Waals surface area contributed by atoms with Crippen LogP contribution in [0.3, 0.4) is 0 Å². The molecule has 0 aliphatic carbocycles. The molecule has 35 heavy (non-hydrogen) atoms. The zero-order valence-electron chi connectivity index (χ0n) is 19.5. The maximum absolute atomic E-state index is 12.9. The summed E-state index contributed by atoms with van der Waals surface area (Å²) >= 11 is 0. The highest BCUT2D eigenvalue weighted by Crippen LogP contribution is 2.23. The van der Waals surface area contributed by atoms with Gasteiger partial charge in [0.1, 0.15) is 24.5 Å². The van der Waals surface area contributed by atoms with Crippen molar-refractivity contribution in [3.05, 3.63) is 95.3 Å². The van der Waals surface area contributed by atoms with Crippen LogP contribution < -0.4 is 21.1 Å². The maximum Gasteiger partial charge on any atom is 0.250 e. The monoisotopic (exact) mass is 469 g/mol. The summed E-state index contributed by atoms with van der Waals surface area (Å²) in [6.45, 7) is 1.76. The number of Topliss-reactive ketones (excluding diaryl/α,β-unsaturated/α-hetero) is 1. The van der Waals surface area contributed by atoms with Crippen LogP contribution in [-0.4, -0.2) is 41.9 Å². The third-order valence-electron chi connectivity index (χ3n) is 5.52. The highest BCUT2D eigenvalue weighted by Gasteiger charge is 2.12. The van der Waals surface area contributed by atoms with Crippen LogP contribution in [0, 0.1) is 0 Å². The predicted molar refractivity (Wildman–Crippen MR) is 136 cm³/mol. The van der Waals surface area contributed by atoms with Crippen LogP contribution in [0.4, 0.5) is 5.82 Å². The summed E-state index contributed by atoms with van der Waals surface area (Å²) in [4.78, 5) is 33.1. The van der Waals surface area contributed by atoms with E-state index >= 15 is 0 Å². The first-order valence-electron chi connectivity index (χ1n) is 11.3. The van der Waals surface area contributed by atoms with E-state index in [0.717, 1.165) is 17.7 Å². The number of rotatable bonds is 11. The summed E-state index contributed by atoms with van der Waals surface area (Å²) in [6, 6.07) is 20.4. The van der Waals surface area contributed by atoms with Crippen LogP contribution in [0.5, 0.6) is 5.75 Å². The molecule has 0 saturated heterocycles. The highest BCUT2D eigenvalue weighted by atomic mass is 16.5. The van der Waals surface area contributed by atoms with Gasteiger partial charge in [-0.3, -0.25) is 9.59 Å². The van der Waals surface area contributed by atoms with Crippen molar-refractivity contribution < 1.29 is 14.3 Å². The summed E-state index contributed by atoms with van der Waals surface area (Å²) in [5, 5.41) is 7.05. The van der Waals surface area contributed by atoms with Crippen molar-refractivity contribution in [2.24, 2.45) is 5.73 Å². The Morgan fingerprint density at radius 3 is 2.60 bits per heavy atom. The number of carbonyl (C=O) groups excluding carboxylic acids is 2. The minimum Gasteiger partial charge on any atom is -0.492 e. The molecule has 0 aliphatic rings. The Kier molecular flexibility index (Phi) is 7.64. The van der Waals surface area contributed by atoms with Gasteiger partial charge in [0.2, 0.25) is 0 Å². The normalized spacial score (nSPS) is 10.8. The molecule has 1 heterocycles. The number of ketones is 1. The van der Waals surface area contributed by atoms with E-state index in [9.17, 15) is 9.59 Å². The largest absolute Gasteiger partial charge is 0.492 e. The van der Waals surface area contributed by atoms with Gasteiger partial charge < -0.3 is 21.1 Å². The fourth-order valence-corrected chi connectivity index (χ4v) is 3.78. The Labute approximate surface area is 203 Å². The number of fused-ring (bicyclic) bond motifs is 1. The van der Waals surface area contributed by atoms with Crippen molar-refractivity contribution in [2.75, 3.05) is 25.5 Å². The number of primary amides is 1. The summed E-state index contributed by atoms with van der Waals surface area (Å²) in [6.07, 6.45) is 1.69. The number of benzene rings is 3. The molecule has 1 aromatic heterocycles. The number of nitrogens with zero attached hydrogens (tertiary/aromatic N) is 2. The van der Waals surface area contributed by atoms with E-state index in [4.69, 9.17) is 10.5 Å². The maximum atomic E-state index is 12.9. The molecule has 1 amide bonds. The molecule has 8 heteroatoms. The van der Waals surface area contributed by atoms with Gasteiger partial charge in [0.05, 0.1) is 11.1 Å². The fourth-order valence-electron chi connectivity index (χ4n) is 3.78. The van der Waals surface area contributed by atoms with Crippen LogP contribution in [0.2, 0.25) is 0 Å². The van der Waals surface area contributed by atoms with Crippen molar-refractivity contribution in [3.8, 4) is 5.75 Å². The van der Waals surface area contributed by atoms with Gasteiger partial charge in [0, 0.05) is 30.5 Å². The van der Waals surface area contributed by atoms with Crippen LogP contribution in [-0.2, 0) is 13.0 Å². The lowest BCUT2D eigenvalue weighted by molar-refractivity contribution is 0.0987. The first kappa shape index (κ1) is 23.8. The SMILES string of the molecule is CNCCOc1cccc(C(=O)Cc2cccc(CNc3ncnc4c(C(N)=O)cccc34)c2)c1. The molecular formula is C27H27N5O3. The number of anilines is 1. The Morgan fingerprint density at radius 2 is 1.77 bits per heavy atom. The summed E-state index contributed by atoms with van der Waals surface area (Å²) < 4.78 is 5.67. The number of hydrogen-bond donors (Lipinski definition) is 3. The lowest BCUT2D eigenvalue weighted by Crippen LogP contribution is -2.16. The molecule has 4 rings (SSSR count). The van der Waals surface area contributed by atoms with Crippen molar-refractivity contribution in [2.45, 2.75) is 13.0 Å². The van der Waals surface area contributed by atoms with Gasteiger partial charge in [-0.25, -0.2) is 9.97 Å². The third-order valence-corrected chi connectivity index (χ3v) is 5.52. The molecule has 0 unspecified atom stereocenters. The van der Waals surface area contributed by atoms with Crippen LogP contribution in [0.1, 0.15) is 31.8 Å². The lowest BCUT2D eigenvalue weighted by Gasteiger charge is -2.11. The molecule has 0 atom stereocenters. The Bertz CT molecular complexity index is 1360. The van der Waals surface area contributed by atoms with Gasteiger partial charge in [0.25, 0.3) is 5.91 Å². The number of para-hydroxylation sites is 1. The van der Waals surface area contributed by atoms with Gasteiger partial charge in [-0.2, -0.15) is 0 Å². The summed E-state index contributed by atoms with van der Waals surface area (Å²) in [5.74, 6) is 0.776. The predicted octanol–water partition coefficient (Wildman–Crippen LogP) is 3.36. The van der Waals surface area contributed by atoms with E-state index < -0.39 is 5.91 Å². The van der Waals surface area contributed by atoms with E-state index in [1.807, 2.05) is 49.5 Å². The highest BCUT2D eigenvalue weighted by molar-refractivity contribution is 6.06. The van der Waals surface area contributed by atoms with E-state index in [0.29, 0.717) is 46.7 Å². The number of carbonyl (C=O) groups is 2. The average Bonchev–Trinajstić information content (AvgIpc) is 2.87. The Morgan fingerprint density at radius 1 is 0.971 bits per heavy atom. The molecule has 0 spiro atoms. The minimum absolute atomic E-state index is 0.0231. The second-order valence-electron chi connectivity index (χ2n) is 8.04. The van der Waals surface area contributed by atoms with E-state index in [-0.39, 0.29) is 12.2 Å². The number of aromatic nitrogens is 2. The molecule has 0 radical (unpaired) electrons. The average molecular weight is 470 g/mol. The van der Waals surface area contributed by atoms with E-state index in [1.165, 1.54) is 6.33 Å². The zero-order valence-corrected chi connectivity index (χ0v) is 19.5. The molecule has 0 aliphatic heterocycles. The molecule has 178 valence electrons. The minimum atomic E-state index is -0.535. The quantitative estimate of drug-likeness (QED) is 0.228. The fraction of sp³-hybridized carbons (Fsp3) is 0.185. The van der Waals surface area contributed by atoms with Crippen molar-refractivity contribution in [1.82, 2.24) is 15.3 Å². The standard InChI is InChI=1S/C27H27N5O3/c1-29-11-12-35-21-8-3-7-20(15-21)24(33)14-18-5-2-6-19(13-18)16-30-27-23-10-4-9-22(26(28)34)25(23)31-17-32-27/h2-10,13,15,17,29H,11-12,14,16H2,1H3,(H2,28,34)(H,30,31,32). The second-order valence-corrected chi connectivity index (χ2v) is 8.04. The van der Waals surface area contributed by atoms with E-state index in [2.05, 4.69) is 20.6 Å². The smallest absolute Gasteiger partial charge is 0.250 e. The van der Waals surface area contributed by atoms with Crippen LogP contribution in [0.15, 0.2) is 73.1 Å². The molecule has 0 saturated carbocycles. The first-order chi connectivity index (χ1) is 17.0. The first-order valence-corrected chi connectivity index (χ1v) is 11.3. The van der Waals surface area contributed by atoms with E-state index in [1.54, 1.807) is 24.3 Å². The number of amides is 1. The molecule has 4 aromatic rings. The van der Waals surface area contributed by atoms with Crippen molar-refractivity contribution >= 4 is 28.4 Å². The number of ether oxygens (including phenoxy) is 1. The van der Waals surface area contributed by atoms with Crippen LogP contribution in [0.25, 0.3) is 10.9 Å². The summed E-state index contributed by atoms with van der Waals surface area (Å²) in [7, 11) is 1.86. The molecular weight excluding hydrogens is 442 g/mol. The molecule has 4 N–H and O–H groups in total. The molecule has 0 bridgehead atoms. The topological polar surface area (TPSA) is 119 Å². The summed E-state index contributed by atoms with van der Waals surface area (Å²) in [5.41, 5.74) is 8.86. The second kappa shape index (κ2) is 11.2. The van der Waals surface area contributed by atoms with Gasteiger partial charge in [-0.15, -0.1) is 0 Å². The zero-order chi connectivity index (χ0) is 24.6. The van der Waals surface area contributed by atoms with Gasteiger partial charge in [0.15, 0.2) is 5.78 Å². The number of hydrogen-bond acceptors (Lipinski definition) is 7. The Balaban J connectivity index is 1.44. The molecule has 0 fully saturated rings. The lowest BCUT2D eigenvalue weighted by atomic mass is 10.0. The number of likely N-dealkylation sites (N-methyl/N-ethyl adjacent to an activating group) is 1. The van der Waals surface area contributed by atoms with Gasteiger partial charge in [-0.1, -0.05) is 42.5 Å². The Hall–Kier alpha value is -4.30. The molecule has 8 nitrogen and oxygen atoms in total. The van der Waals surface area contributed by atoms with Crippen LogP contribution >= 0.6 is 0 Å². The van der Waals surface area contributed by atoms with Gasteiger partial charge >= 0.3 is 0 Å². The van der Waals surface area contributed by atoms with Crippen molar-refractivity contribution in [3.63, 3.8) is 0 Å². The number of nitrogens with two attached hydrogens (primary N) is 1. The van der Waals surface area contributed by atoms with Crippen molar-refractivity contribution in [1.29, 1.82) is 0 Å². The third kappa shape index (κ3) is 5.99. The molecule has 3 aromatic carbocycles.